The van der Waals surface area contributed by atoms with Crippen molar-refractivity contribution in [1.29, 1.82) is 10.5 Å². The van der Waals surface area contributed by atoms with Crippen LogP contribution in [0.15, 0.2) is 42.5 Å². The Morgan fingerprint density at radius 1 is 0.842 bits per heavy atom. The van der Waals surface area contributed by atoms with Crippen LogP contribution < -0.4 is 5.73 Å². The lowest BCUT2D eigenvalue weighted by molar-refractivity contribution is 1.47. The van der Waals surface area contributed by atoms with Gasteiger partial charge in [0, 0.05) is 16.8 Å². The van der Waals surface area contributed by atoms with Crippen LogP contribution in [0.1, 0.15) is 11.1 Å². The number of nitrogens with two attached hydrogens (primary N) is 1. The fourth-order valence-electron chi connectivity index (χ4n) is 2.41. The van der Waals surface area contributed by atoms with Crippen molar-refractivity contribution >= 4 is 5.69 Å². The molecule has 0 aromatic rings. The van der Waals surface area contributed by atoms with E-state index in [1.807, 2.05) is 30.3 Å². The monoisotopic (exact) mass is 243 g/mol. The summed E-state index contributed by atoms with van der Waals surface area (Å²) in [5, 5.41) is 18.3. The second-order valence-corrected chi connectivity index (χ2v) is 4.32. The number of hydrogen-bond acceptors (Lipinski definition) is 3. The van der Waals surface area contributed by atoms with Gasteiger partial charge in [-0.3, -0.25) is 0 Å². The number of hydrogen-bond donors (Lipinski definition) is 1. The first-order valence-corrected chi connectivity index (χ1v) is 5.80. The summed E-state index contributed by atoms with van der Waals surface area (Å²) in [6.45, 7) is 0. The minimum absolute atomic E-state index is 0.472. The van der Waals surface area contributed by atoms with E-state index in [2.05, 4.69) is 12.1 Å². The molecule has 0 amide bonds. The van der Waals surface area contributed by atoms with E-state index >= 15 is 0 Å². The SMILES string of the molecule is N#Cc1ccc2c3c(N)ccccc-3c-2c(C#N)c1. The quantitative estimate of drug-likeness (QED) is 0.658. The summed E-state index contributed by atoms with van der Waals surface area (Å²) in [6.07, 6.45) is 0. The van der Waals surface area contributed by atoms with Crippen molar-refractivity contribution in [2.75, 3.05) is 5.73 Å². The molecule has 0 fully saturated rings. The van der Waals surface area contributed by atoms with Gasteiger partial charge in [-0.25, -0.2) is 0 Å². The highest BCUT2D eigenvalue weighted by atomic mass is 14.6. The lowest BCUT2D eigenvalue weighted by atomic mass is 9.80. The molecule has 0 heterocycles. The van der Waals surface area contributed by atoms with Crippen molar-refractivity contribution in [3.63, 3.8) is 0 Å². The predicted molar refractivity (Wildman–Crippen MR) is 73.5 cm³/mol. The van der Waals surface area contributed by atoms with Crippen molar-refractivity contribution < 1.29 is 0 Å². The summed E-state index contributed by atoms with van der Waals surface area (Å²) in [4.78, 5) is 0. The highest BCUT2D eigenvalue weighted by molar-refractivity contribution is 6.08. The van der Waals surface area contributed by atoms with Gasteiger partial charge in [0.05, 0.1) is 23.3 Å². The fourth-order valence-corrected chi connectivity index (χ4v) is 2.41. The van der Waals surface area contributed by atoms with Gasteiger partial charge in [-0.05, 0) is 29.3 Å². The molecule has 0 bridgehead atoms. The van der Waals surface area contributed by atoms with Gasteiger partial charge >= 0.3 is 0 Å². The van der Waals surface area contributed by atoms with E-state index < -0.39 is 0 Å². The Kier molecular flexibility index (Phi) is 2.34. The van der Waals surface area contributed by atoms with Crippen molar-refractivity contribution in [3.05, 3.63) is 53.6 Å². The molecular formula is C16H9N3. The Morgan fingerprint density at radius 2 is 1.58 bits per heavy atom. The van der Waals surface area contributed by atoms with Gasteiger partial charge in [0.2, 0.25) is 0 Å². The van der Waals surface area contributed by atoms with Crippen molar-refractivity contribution in [2.45, 2.75) is 0 Å². The minimum atomic E-state index is 0.472. The molecule has 0 spiro atoms. The first-order chi connectivity index (χ1) is 9.26. The summed E-state index contributed by atoms with van der Waals surface area (Å²) in [7, 11) is 0. The van der Waals surface area contributed by atoms with Gasteiger partial charge in [0.25, 0.3) is 0 Å². The molecule has 3 aliphatic carbocycles. The second-order valence-electron chi connectivity index (χ2n) is 4.32. The number of anilines is 1. The van der Waals surface area contributed by atoms with Crippen LogP contribution in [0.3, 0.4) is 0 Å². The molecule has 0 saturated heterocycles. The third-order valence-electron chi connectivity index (χ3n) is 3.26. The molecule has 0 atom stereocenters. The van der Waals surface area contributed by atoms with E-state index in [1.54, 1.807) is 12.1 Å². The van der Waals surface area contributed by atoms with Crippen LogP contribution >= 0.6 is 0 Å². The average Bonchev–Trinajstić information content (AvgIpc) is 2.65. The smallest absolute Gasteiger partial charge is 0.0998 e. The third kappa shape index (κ3) is 1.50. The molecule has 3 nitrogen and oxygen atoms in total. The molecule has 0 saturated carbocycles. The van der Waals surface area contributed by atoms with E-state index in [0.29, 0.717) is 16.8 Å². The maximum absolute atomic E-state index is 9.27. The summed E-state index contributed by atoms with van der Waals surface area (Å²) >= 11 is 0. The van der Waals surface area contributed by atoms with Crippen LogP contribution in [0, 0.1) is 22.7 Å². The third-order valence-corrected chi connectivity index (χ3v) is 3.26. The number of rotatable bonds is 0. The van der Waals surface area contributed by atoms with E-state index in [1.165, 1.54) is 0 Å². The zero-order valence-electron chi connectivity index (χ0n) is 10.0. The lowest BCUT2D eigenvalue weighted by Gasteiger charge is -2.22. The second kappa shape index (κ2) is 4.01. The zero-order valence-corrected chi connectivity index (χ0v) is 10.0. The highest BCUT2D eigenvalue weighted by Crippen LogP contribution is 2.50. The normalized spacial score (nSPS) is 10.2. The molecule has 19 heavy (non-hydrogen) atoms. The maximum Gasteiger partial charge on any atom is 0.0998 e. The molecule has 0 aromatic heterocycles. The van der Waals surface area contributed by atoms with Crippen LogP contribution in [0.5, 0.6) is 0 Å². The Balaban J connectivity index is 2.48. The molecule has 88 valence electrons. The molecular weight excluding hydrogens is 234 g/mol. The van der Waals surface area contributed by atoms with Gasteiger partial charge in [-0.1, -0.05) is 24.3 Å². The van der Waals surface area contributed by atoms with Crippen LogP contribution in [-0.4, -0.2) is 0 Å². The van der Waals surface area contributed by atoms with Crippen LogP contribution in [0.2, 0.25) is 0 Å². The number of nitrogen functional groups attached to an aromatic ring is 1. The van der Waals surface area contributed by atoms with Gasteiger partial charge in [0.15, 0.2) is 0 Å². The summed E-state index contributed by atoms with van der Waals surface area (Å²) in [5.74, 6) is 0. The highest BCUT2D eigenvalue weighted by Gasteiger charge is 2.26. The maximum atomic E-state index is 9.27. The topological polar surface area (TPSA) is 73.6 Å². The first-order valence-electron chi connectivity index (χ1n) is 5.80. The Morgan fingerprint density at radius 3 is 2.32 bits per heavy atom. The minimum Gasteiger partial charge on any atom is -0.398 e. The molecule has 0 radical (unpaired) electrons. The molecule has 2 N–H and O–H groups in total. The van der Waals surface area contributed by atoms with Gasteiger partial charge in [0.1, 0.15) is 0 Å². The van der Waals surface area contributed by atoms with Crippen LogP contribution in [0.25, 0.3) is 22.3 Å². The van der Waals surface area contributed by atoms with Gasteiger partial charge in [-0.2, -0.15) is 10.5 Å². The average molecular weight is 243 g/mol. The zero-order chi connectivity index (χ0) is 13.4. The Labute approximate surface area is 110 Å². The summed E-state index contributed by atoms with van der Waals surface area (Å²) in [5.41, 5.74) is 11.4. The Hall–Kier alpha value is -3.04. The van der Waals surface area contributed by atoms with Crippen LogP contribution in [0.4, 0.5) is 5.69 Å². The lowest BCUT2D eigenvalue weighted by Crippen LogP contribution is -2.00. The number of nitrogens with zero attached hydrogens (tertiary/aromatic N) is 2. The first kappa shape index (κ1) is 11.1. The molecule has 3 aliphatic rings. The molecule has 0 aromatic carbocycles. The van der Waals surface area contributed by atoms with E-state index in [4.69, 9.17) is 11.0 Å². The van der Waals surface area contributed by atoms with Crippen molar-refractivity contribution in [3.8, 4) is 34.4 Å². The van der Waals surface area contributed by atoms with E-state index in [-0.39, 0.29) is 0 Å². The number of nitriles is 2. The van der Waals surface area contributed by atoms with Crippen molar-refractivity contribution in [1.82, 2.24) is 0 Å². The summed E-state index contributed by atoms with van der Waals surface area (Å²) in [6, 6.07) is 17.0. The predicted octanol–water partition coefficient (Wildman–Crippen LogP) is 3.22. The fraction of sp³-hybridized carbons (Fsp3) is 0. The van der Waals surface area contributed by atoms with E-state index in [9.17, 15) is 5.26 Å². The molecule has 0 unspecified atom stereocenters. The largest absolute Gasteiger partial charge is 0.398 e. The molecule has 3 rings (SSSR count). The van der Waals surface area contributed by atoms with Crippen molar-refractivity contribution in [2.24, 2.45) is 0 Å². The number of fused-ring (bicyclic) bond motifs is 4. The van der Waals surface area contributed by atoms with Gasteiger partial charge in [-0.15, -0.1) is 0 Å². The van der Waals surface area contributed by atoms with Crippen LogP contribution in [-0.2, 0) is 0 Å². The summed E-state index contributed by atoms with van der Waals surface area (Å²) < 4.78 is 0. The standard InChI is InChI=1S/C16H9N3/c17-8-10-5-6-13-15(11(7-10)9-18)12-3-1-2-4-14(19)16(12)13/h1-7H,19H2. The Bertz CT molecular complexity index is 806. The van der Waals surface area contributed by atoms with E-state index in [0.717, 1.165) is 22.3 Å². The molecule has 0 aliphatic heterocycles. The molecule has 3 heteroatoms. The van der Waals surface area contributed by atoms with Gasteiger partial charge < -0.3 is 5.73 Å².